The standard InChI is InChI=1S/C16H18N2O2.C10H10N2O.3C6H10O2.2Fe/c19-16(13-8-4-5-9-13)17-11-14-10-15(18-20-14)12-6-2-1-3-7-12;11-7-9-6-10(12-13-9)8-4-2-1-3-5-8;3*7-6(8)5-3-1-2-4-5;;/h1-3,6-7,10,13H,4-5,8-9,11H2,(H,17,19);1-6H,7,11H2;3*5H,1-4H2,(H,7,8);;. The minimum absolute atomic E-state index is 0. The number of carbonyl (C=O) groups excluding carboxylic acids is 1. The van der Waals surface area contributed by atoms with Crippen LogP contribution in [0.2, 0.25) is 0 Å². The molecule has 0 saturated heterocycles. The fourth-order valence-corrected chi connectivity index (χ4v) is 7.32. The molecular formula is C44H58Fe2N4O9. The fourth-order valence-electron chi connectivity index (χ4n) is 7.32. The maximum Gasteiger partial charge on any atom is 0.306 e. The third kappa shape index (κ3) is 18.3. The largest absolute Gasteiger partial charge is 0.481 e. The van der Waals surface area contributed by atoms with Crippen LogP contribution in [0.5, 0.6) is 0 Å². The van der Waals surface area contributed by atoms with Crippen LogP contribution < -0.4 is 11.1 Å². The van der Waals surface area contributed by atoms with Crippen LogP contribution in [-0.2, 0) is 66.4 Å². The van der Waals surface area contributed by atoms with Crippen molar-refractivity contribution in [3.05, 3.63) is 84.3 Å². The van der Waals surface area contributed by atoms with Crippen LogP contribution in [0.25, 0.3) is 22.5 Å². The zero-order chi connectivity index (χ0) is 40.8. The van der Waals surface area contributed by atoms with Gasteiger partial charge in [-0.05, 0) is 51.4 Å². The predicted molar refractivity (Wildman–Crippen MR) is 214 cm³/mol. The Hall–Kier alpha value is -4.26. The van der Waals surface area contributed by atoms with Gasteiger partial charge in [0.2, 0.25) is 5.91 Å². The van der Waals surface area contributed by atoms with Crippen LogP contribution >= 0.6 is 0 Å². The van der Waals surface area contributed by atoms with Crippen molar-refractivity contribution < 1.29 is 77.7 Å². The third-order valence-electron chi connectivity index (χ3n) is 10.7. The van der Waals surface area contributed by atoms with Crippen LogP contribution in [0.4, 0.5) is 0 Å². The van der Waals surface area contributed by atoms with Gasteiger partial charge in [0.1, 0.15) is 11.4 Å². The summed E-state index contributed by atoms with van der Waals surface area (Å²) in [5.74, 6) is -0.159. The summed E-state index contributed by atoms with van der Waals surface area (Å²) in [4.78, 5) is 42.5. The van der Waals surface area contributed by atoms with Gasteiger partial charge in [0.25, 0.3) is 0 Å². The number of rotatable bonds is 9. The van der Waals surface area contributed by atoms with Gasteiger partial charge in [0.05, 0.1) is 30.8 Å². The van der Waals surface area contributed by atoms with E-state index in [0.29, 0.717) is 24.6 Å². The second-order valence-electron chi connectivity index (χ2n) is 15.0. The molecular weight excluding hydrogens is 840 g/mol. The van der Waals surface area contributed by atoms with Gasteiger partial charge < -0.3 is 35.4 Å². The van der Waals surface area contributed by atoms with E-state index in [2.05, 4.69) is 15.6 Å². The molecule has 324 valence electrons. The molecule has 13 nitrogen and oxygen atoms in total. The van der Waals surface area contributed by atoms with Crippen molar-refractivity contribution >= 4 is 23.8 Å². The third-order valence-corrected chi connectivity index (χ3v) is 10.7. The summed E-state index contributed by atoms with van der Waals surface area (Å²) < 4.78 is 10.3. The molecule has 4 aliphatic carbocycles. The number of carboxylic acid groups (broad SMARTS) is 3. The Morgan fingerprint density at radius 1 is 0.542 bits per heavy atom. The summed E-state index contributed by atoms with van der Waals surface area (Å²) in [5, 5.41) is 36.1. The maximum atomic E-state index is 11.9. The molecule has 4 aliphatic rings. The summed E-state index contributed by atoms with van der Waals surface area (Å²) in [6.07, 6.45) is 16.4. The number of amides is 1. The van der Waals surface area contributed by atoms with E-state index in [1.807, 2.05) is 72.8 Å². The number of carbonyl (C=O) groups is 4. The average Bonchev–Trinajstić information content (AvgIpc) is 4.08. The molecule has 0 aliphatic heterocycles. The molecule has 15 heteroatoms. The molecule has 0 radical (unpaired) electrons. The smallest absolute Gasteiger partial charge is 0.306 e. The van der Waals surface area contributed by atoms with E-state index in [0.717, 1.165) is 112 Å². The van der Waals surface area contributed by atoms with Crippen LogP contribution in [0.15, 0.2) is 81.8 Å². The summed E-state index contributed by atoms with van der Waals surface area (Å²) in [6, 6.07) is 23.5. The van der Waals surface area contributed by atoms with Gasteiger partial charge >= 0.3 is 17.9 Å². The first-order valence-electron chi connectivity index (χ1n) is 20.3. The molecule has 0 spiro atoms. The maximum absolute atomic E-state index is 11.9. The first-order chi connectivity index (χ1) is 27.6. The molecule has 4 fully saturated rings. The van der Waals surface area contributed by atoms with Crippen molar-refractivity contribution in [2.45, 2.75) is 116 Å². The Labute approximate surface area is 367 Å². The van der Waals surface area contributed by atoms with Crippen molar-refractivity contribution in [3.8, 4) is 22.5 Å². The molecule has 4 aromatic rings. The topological polar surface area (TPSA) is 219 Å². The number of nitrogens with two attached hydrogens (primary N) is 1. The zero-order valence-electron chi connectivity index (χ0n) is 33.4. The zero-order valence-corrected chi connectivity index (χ0v) is 35.6. The number of carboxylic acids is 3. The Morgan fingerprint density at radius 2 is 0.864 bits per heavy atom. The second kappa shape index (κ2) is 28.2. The molecule has 4 saturated carbocycles. The van der Waals surface area contributed by atoms with E-state index < -0.39 is 17.9 Å². The summed E-state index contributed by atoms with van der Waals surface area (Å²) in [5.41, 5.74) is 9.11. The van der Waals surface area contributed by atoms with Crippen LogP contribution in [0, 0.1) is 23.7 Å². The monoisotopic (exact) mass is 898 g/mol. The quantitative estimate of drug-likeness (QED) is 0.0997. The molecule has 2 aromatic heterocycles. The number of nitrogens with one attached hydrogen (secondary N) is 1. The van der Waals surface area contributed by atoms with Crippen molar-refractivity contribution in [1.29, 1.82) is 0 Å². The summed E-state index contributed by atoms with van der Waals surface area (Å²) in [6.45, 7) is 0.801. The van der Waals surface area contributed by atoms with Gasteiger partial charge in [-0.25, -0.2) is 0 Å². The van der Waals surface area contributed by atoms with E-state index in [4.69, 9.17) is 30.1 Å². The van der Waals surface area contributed by atoms with Crippen molar-refractivity contribution in [2.24, 2.45) is 29.4 Å². The molecule has 6 N–H and O–H groups in total. The molecule has 0 atom stereocenters. The SMILES string of the molecule is NCc1cc(-c2ccccc2)no1.O=C(NCc1cc(-c2ccccc2)no1)C1CCCC1.O=C(O)C1CCCC1.O=C(O)C1CCCC1.O=C(O)C1CCCC1.[Fe].[Fe]. The van der Waals surface area contributed by atoms with E-state index in [9.17, 15) is 19.2 Å². The first kappa shape index (κ1) is 50.9. The molecule has 59 heavy (non-hydrogen) atoms. The van der Waals surface area contributed by atoms with Gasteiger partial charge in [0, 0.05) is 63.3 Å². The summed E-state index contributed by atoms with van der Waals surface area (Å²) >= 11 is 0. The number of benzene rings is 2. The van der Waals surface area contributed by atoms with Crippen molar-refractivity contribution in [2.75, 3.05) is 0 Å². The summed E-state index contributed by atoms with van der Waals surface area (Å²) in [7, 11) is 0. The van der Waals surface area contributed by atoms with Gasteiger partial charge in [-0.2, -0.15) is 0 Å². The average molecular weight is 899 g/mol. The van der Waals surface area contributed by atoms with E-state index >= 15 is 0 Å². The number of hydrogen-bond acceptors (Lipinski definition) is 9. The minimum atomic E-state index is -0.609. The molecule has 1 amide bonds. The van der Waals surface area contributed by atoms with Crippen molar-refractivity contribution in [3.63, 3.8) is 0 Å². The van der Waals surface area contributed by atoms with Gasteiger partial charge in [-0.3, -0.25) is 19.2 Å². The normalized spacial score (nSPS) is 16.2. The fraction of sp³-hybridized carbons (Fsp3) is 0.500. The minimum Gasteiger partial charge on any atom is -0.481 e. The first-order valence-corrected chi connectivity index (χ1v) is 20.3. The number of hydrogen-bond donors (Lipinski definition) is 5. The number of aliphatic carboxylic acids is 3. The van der Waals surface area contributed by atoms with Crippen molar-refractivity contribution in [1.82, 2.24) is 15.6 Å². The van der Waals surface area contributed by atoms with Crippen LogP contribution in [-0.4, -0.2) is 49.4 Å². The Morgan fingerprint density at radius 3 is 1.17 bits per heavy atom. The van der Waals surface area contributed by atoms with Crippen LogP contribution in [0.1, 0.15) is 114 Å². The van der Waals surface area contributed by atoms with E-state index in [1.54, 1.807) is 0 Å². The van der Waals surface area contributed by atoms with Crippen LogP contribution in [0.3, 0.4) is 0 Å². The Kier molecular flexibility index (Phi) is 24.4. The van der Waals surface area contributed by atoms with Gasteiger partial charge in [0.15, 0.2) is 11.5 Å². The molecule has 8 rings (SSSR count). The number of nitrogens with zero attached hydrogens (tertiary/aromatic N) is 2. The van der Waals surface area contributed by atoms with Gasteiger partial charge in [-0.1, -0.05) is 122 Å². The predicted octanol–water partition coefficient (Wildman–Crippen LogP) is 8.73. The molecule has 0 unspecified atom stereocenters. The Balaban J connectivity index is 0.000000268. The second-order valence-corrected chi connectivity index (χ2v) is 15.0. The molecule has 2 aromatic carbocycles. The Bertz CT molecular complexity index is 1720. The van der Waals surface area contributed by atoms with Gasteiger partial charge in [-0.15, -0.1) is 0 Å². The number of aromatic nitrogens is 2. The van der Waals surface area contributed by atoms with E-state index in [-0.39, 0.29) is 63.7 Å². The van der Waals surface area contributed by atoms with E-state index in [1.165, 1.54) is 12.8 Å². The molecule has 0 bridgehead atoms. The molecule has 2 heterocycles.